The molecule has 0 saturated heterocycles. The van der Waals surface area contributed by atoms with Crippen LogP contribution in [0.2, 0.25) is 5.02 Å². The fraction of sp³-hybridized carbons (Fsp3) is 0.143. The molecule has 0 spiro atoms. The van der Waals surface area contributed by atoms with E-state index in [0.717, 1.165) is 5.56 Å². The van der Waals surface area contributed by atoms with Crippen LogP contribution in [0.5, 0.6) is 11.5 Å². The van der Waals surface area contributed by atoms with E-state index in [1.807, 2.05) is 12.1 Å². The van der Waals surface area contributed by atoms with Crippen molar-refractivity contribution in [1.29, 1.82) is 0 Å². The Balaban J connectivity index is 2.25. The molecular formula is C14H12ClNO4. The number of benzene rings is 1. The van der Waals surface area contributed by atoms with Crippen LogP contribution in [0.1, 0.15) is 15.9 Å². The minimum atomic E-state index is -1.08. The van der Waals surface area contributed by atoms with Crippen LogP contribution in [0.3, 0.4) is 0 Å². The van der Waals surface area contributed by atoms with Crippen LogP contribution in [0.25, 0.3) is 0 Å². The van der Waals surface area contributed by atoms with Crippen LogP contribution in [0.15, 0.2) is 36.7 Å². The van der Waals surface area contributed by atoms with Crippen molar-refractivity contribution in [2.45, 2.75) is 6.61 Å². The van der Waals surface area contributed by atoms with Crippen molar-refractivity contribution in [2.75, 3.05) is 7.11 Å². The van der Waals surface area contributed by atoms with Crippen molar-refractivity contribution in [1.82, 2.24) is 4.98 Å². The van der Waals surface area contributed by atoms with E-state index in [2.05, 4.69) is 4.98 Å². The molecule has 0 bridgehead atoms. The maximum atomic E-state index is 10.9. The third-order valence-electron chi connectivity index (χ3n) is 2.61. The molecule has 2 aromatic rings. The van der Waals surface area contributed by atoms with Crippen LogP contribution in [-0.4, -0.2) is 23.2 Å². The Labute approximate surface area is 120 Å². The van der Waals surface area contributed by atoms with Crippen molar-refractivity contribution in [3.8, 4) is 11.5 Å². The quantitative estimate of drug-likeness (QED) is 0.917. The van der Waals surface area contributed by atoms with Gasteiger partial charge in [-0.05, 0) is 29.8 Å². The van der Waals surface area contributed by atoms with Crippen LogP contribution in [0, 0.1) is 0 Å². The summed E-state index contributed by atoms with van der Waals surface area (Å²) in [7, 11) is 1.43. The first kappa shape index (κ1) is 14.1. The van der Waals surface area contributed by atoms with Gasteiger partial charge >= 0.3 is 5.97 Å². The van der Waals surface area contributed by atoms with Gasteiger partial charge in [0.2, 0.25) is 0 Å². The third-order valence-corrected chi connectivity index (χ3v) is 2.89. The fourth-order valence-electron chi connectivity index (χ4n) is 1.62. The zero-order chi connectivity index (χ0) is 14.5. The minimum absolute atomic E-state index is 0.0445. The number of pyridine rings is 1. The van der Waals surface area contributed by atoms with Crippen molar-refractivity contribution in [2.24, 2.45) is 0 Å². The minimum Gasteiger partial charge on any atom is -0.493 e. The lowest BCUT2D eigenvalue weighted by Gasteiger charge is -2.13. The first-order valence-corrected chi connectivity index (χ1v) is 6.12. The summed E-state index contributed by atoms with van der Waals surface area (Å²) in [6, 6.07) is 6.32. The van der Waals surface area contributed by atoms with E-state index < -0.39 is 5.97 Å². The number of hydrogen-bond donors (Lipinski definition) is 1. The molecule has 0 aliphatic carbocycles. The Bertz CT molecular complexity index is 616. The van der Waals surface area contributed by atoms with Gasteiger partial charge in [0, 0.05) is 12.4 Å². The maximum Gasteiger partial charge on any atom is 0.335 e. The van der Waals surface area contributed by atoms with Gasteiger partial charge in [-0.15, -0.1) is 0 Å². The molecule has 0 unspecified atom stereocenters. The lowest BCUT2D eigenvalue weighted by molar-refractivity contribution is 0.0696. The average Bonchev–Trinajstić information content (AvgIpc) is 2.46. The largest absolute Gasteiger partial charge is 0.493 e. The molecule has 1 aromatic heterocycles. The number of halogens is 1. The Morgan fingerprint density at radius 3 is 2.65 bits per heavy atom. The molecule has 0 amide bonds. The van der Waals surface area contributed by atoms with Crippen molar-refractivity contribution in [3.63, 3.8) is 0 Å². The molecule has 104 valence electrons. The number of methoxy groups -OCH3 is 1. The molecule has 0 aliphatic heterocycles. The number of rotatable bonds is 5. The van der Waals surface area contributed by atoms with Crippen molar-refractivity contribution >= 4 is 17.6 Å². The number of carboxylic acids is 1. The summed E-state index contributed by atoms with van der Waals surface area (Å²) >= 11 is 6.04. The molecule has 0 atom stereocenters. The number of hydrogen-bond acceptors (Lipinski definition) is 4. The van der Waals surface area contributed by atoms with E-state index >= 15 is 0 Å². The number of carbonyl (C=O) groups is 1. The summed E-state index contributed by atoms with van der Waals surface area (Å²) in [4.78, 5) is 14.9. The molecule has 0 aliphatic rings. The number of aromatic nitrogens is 1. The van der Waals surface area contributed by atoms with Gasteiger partial charge in [-0.25, -0.2) is 4.79 Å². The van der Waals surface area contributed by atoms with Gasteiger partial charge in [0.15, 0.2) is 11.5 Å². The average molecular weight is 294 g/mol. The normalized spacial score (nSPS) is 10.1. The van der Waals surface area contributed by atoms with Crippen LogP contribution in [0.4, 0.5) is 0 Å². The molecule has 2 rings (SSSR count). The highest BCUT2D eigenvalue weighted by Crippen LogP contribution is 2.36. The molecule has 0 fully saturated rings. The summed E-state index contributed by atoms with van der Waals surface area (Å²) in [5.41, 5.74) is 0.962. The van der Waals surface area contributed by atoms with E-state index in [1.165, 1.54) is 19.2 Å². The van der Waals surface area contributed by atoms with Gasteiger partial charge in [0.25, 0.3) is 0 Å². The molecule has 0 saturated carbocycles. The van der Waals surface area contributed by atoms with Crippen molar-refractivity contribution < 1.29 is 19.4 Å². The first-order valence-electron chi connectivity index (χ1n) is 5.74. The zero-order valence-corrected chi connectivity index (χ0v) is 11.4. The highest BCUT2D eigenvalue weighted by Gasteiger charge is 2.15. The fourth-order valence-corrected chi connectivity index (χ4v) is 1.88. The van der Waals surface area contributed by atoms with Crippen molar-refractivity contribution in [3.05, 3.63) is 52.8 Å². The standard InChI is InChI=1S/C14H12ClNO4/c1-19-12-7-10(14(17)18)6-11(15)13(12)20-8-9-2-4-16-5-3-9/h2-7H,8H2,1H3,(H,17,18). The number of carboxylic acid groups (broad SMARTS) is 1. The molecule has 1 heterocycles. The Morgan fingerprint density at radius 2 is 2.05 bits per heavy atom. The smallest absolute Gasteiger partial charge is 0.335 e. The summed E-state index contributed by atoms with van der Waals surface area (Å²) in [5.74, 6) is -0.481. The number of nitrogens with zero attached hydrogens (tertiary/aromatic N) is 1. The number of ether oxygens (including phenoxy) is 2. The second-order valence-electron chi connectivity index (χ2n) is 3.94. The highest BCUT2D eigenvalue weighted by molar-refractivity contribution is 6.32. The predicted octanol–water partition coefficient (Wildman–Crippen LogP) is 3.02. The SMILES string of the molecule is COc1cc(C(=O)O)cc(Cl)c1OCc1ccncc1. The molecular weight excluding hydrogens is 282 g/mol. The topological polar surface area (TPSA) is 68.7 Å². The molecule has 20 heavy (non-hydrogen) atoms. The molecule has 6 heteroatoms. The molecule has 5 nitrogen and oxygen atoms in total. The van der Waals surface area contributed by atoms with Gasteiger partial charge < -0.3 is 14.6 Å². The van der Waals surface area contributed by atoms with E-state index in [4.69, 9.17) is 26.2 Å². The van der Waals surface area contributed by atoms with Gasteiger partial charge in [-0.3, -0.25) is 4.98 Å². The van der Waals surface area contributed by atoms with E-state index in [9.17, 15) is 4.79 Å². The first-order chi connectivity index (χ1) is 9.61. The summed E-state index contributed by atoms with van der Waals surface area (Å²) in [6.07, 6.45) is 3.32. The maximum absolute atomic E-state index is 10.9. The lowest BCUT2D eigenvalue weighted by Crippen LogP contribution is -2.02. The Morgan fingerprint density at radius 1 is 1.35 bits per heavy atom. The predicted molar refractivity (Wildman–Crippen MR) is 73.5 cm³/mol. The lowest BCUT2D eigenvalue weighted by atomic mass is 10.2. The number of aromatic carboxylic acids is 1. The summed E-state index contributed by atoms with van der Waals surface area (Å²) in [5, 5.41) is 9.16. The molecule has 1 N–H and O–H groups in total. The van der Waals surface area contributed by atoms with Gasteiger partial charge in [-0.1, -0.05) is 11.6 Å². The van der Waals surface area contributed by atoms with Gasteiger partial charge in [-0.2, -0.15) is 0 Å². The molecule has 0 radical (unpaired) electrons. The second kappa shape index (κ2) is 6.25. The highest BCUT2D eigenvalue weighted by atomic mass is 35.5. The summed E-state index contributed by atoms with van der Waals surface area (Å²) in [6.45, 7) is 0.283. The van der Waals surface area contributed by atoms with Crippen LogP contribution < -0.4 is 9.47 Å². The zero-order valence-electron chi connectivity index (χ0n) is 10.7. The van der Waals surface area contributed by atoms with Gasteiger partial charge in [0.05, 0.1) is 17.7 Å². The molecule has 1 aromatic carbocycles. The van der Waals surface area contributed by atoms with E-state index in [-0.39, 0.29) is 22.9 Å². The Hall–Kier alpha value is -2.27. The van der Waals surface area contributed by atoms with Crippen LogP contribution in [-0.2, 0) is 6.61 Å². The third kappa shape index (κ3) is 3.19. The van der Waals surface area contributed by atoms with E-state index in [1.54, 1.807) is 12.4 Å². The monoisotopic (exact) mass is 293 g/mol. The Kier molecular flexibility index (Phi) is 4.42. The van der Waals surface area contributed by atoms with Gasteiger partial charge in [0.1, 0.15) is 6.61 Å². The van der Waals surface area contributed by atoms with Crippen LogP contribution >= 0.6 is 11.6 Å². The second-order valence-corrected chi connectivity index (χ2v) is 4.35. The summed E-state index contributed by atoms with van der Waals surface area (Å²) < 4.78 is 10.7. The van der Waals surface area contributed by atoms with E-state index in [0.29, 0.717) is 5.75 Å².